The lowest BCUT2D eigenvalue weighted by molar-refractivity contribution is 0.368. The molecular formula is C18H24ClNS. The van der Waals surface area contributed by atoms with Crippen LogP contribution in [0.1, 0.15) is 31.2 Å². The molecule has 1 heterocycles. The lowest BCUT2D eigenvalue weighted by Crippen LogP contribution is -2.40. The second kappa shape index (κ2) is 7.44. The van der Waals surface area contributed by atoms with E-state index in [1.54, 1.807) is 0 Å². The van der Waals surface area contributed by atoms with E-state index in [1.165, 1.54) is 10.4 Å². The zero-order chi connectivity index (χ0) is 15.3. The second-order valence-electron chi connectivity index (χ2n) is 6.61. The molecule has 0 saturated heterocycles. The van der Waals surface area contributed by atoms with E-state index >= 15 is 0 Å². The molecule has 2 aromatic rings. The van der Waals surface area contributed by atoms with Crippen LogP contribution < -0.4 is 5.32 Å². The van der Waals surface area contributed by atoms with Gasteiger partial charge < -0.3 is 5.32 Å². The van der Waals surface area contributed by atoms with Crippen LogP contribution in [0.2, 0.25) is 5.02 Å². The van der Waals surface area contributed by atoms with E-state index < -0.39 is 0 Å². The molecule has 1 nitrogen and oxygen atoms in total. The Hall–Kier alpha value is -0.830. The molecule has 0 amide bonds. The number of nitrogens with one attached hydrogen (secondary N) is 1. The lowest BCUT2D eigenvalue weighted by atomic mass is 9.94. The van der Waals surface area contributed by atoms with Crippen molar-refractivity contribution in [3.63, 3.8) is 0 Å². The SMILES string of the molecule is CC(C)(C)NCC(Cc1ccc(Cl)cc1)Cc1cccs1. The first-order chi connectivity index (χ1) is 9.92. The minimum Gasteiger partial charge on any atom is -0.312 e. The average Bonchev–Trinajstić information content (AvgIpc) is 2.91. The number of hydrogen-bond donors (Lipinski definition) is 1. The second-order valence-corrected chi connectivity index (χ2v) is 8.08. The van der Waals surface area contributed by atoms with Gasteiger partial charge >= 0.3 is 0 Å². The average molecular weight is 322 g/mol. The third-order valence-corrected chi connectivity index (χ3v) is 4.58. The number of thiophene rings is 1. The fourth-order valence-corrected chi connectivity index (χ4v) is 3.28. The van der Waals surface area contributed by atoms with Gasteiger partial charge in [0.05, 0.1) is 0 Å². The first-order valence-corrected chi connectivity index (χ1v) is 8.70. The maximum Gasteiger partial charge on any atom is 0.0406 e. The number of hydrogen-bond acceptors (Lipinski definition) is 2. The van der Waals surface area contributed by atoms with Gasteiger partial charge in [0, 0.05) is 15.4 Å². The molecule has 2 rings (SSSR count). The molecule has 0 aliphatic carbocycles. The highest BCUT2D eigenvalue weighted by atomic mass is 35.5. The summed E-state index contributed by atoms with van der Waals surface area (Å²) in [6.07, 6.45) is 2.21. The van der Waals surface area contributed by atoms with Crippen molar-refractivity contribution in [2.75, 3.05) is 6.54 Å². The van der Waals surface area contributed by atoms with Crippen LogP contribution in [0.25, 0.3) is 0 Å². The van der Waals surface area contributed by atoms with E-state index in [-0.39, 0.29) is 5.54 Å². The summed E-state index contributed by atoms with van der Waals surface area (Å²) in [6, 6.07) is 12.6. The van der Waals surface area contributed by atoms with E-state index in [0.29, 0.717) is 5.92 Å². The van der Waals surface area contributed by atoms with Crippen molar-refractivity contribution in [2.45, 2.75) is 39.2 Å². The van der Waals surface area contributed by atoms with Gasteiger partial charge in [-0.05, 0) is 75.2 Å². The summed E-state index contributed by atoms with van der Waals surface area (Å²) in [5.41, 5.74) is 1.52. The van der Waals surface area contributed by atoms with Gasteiger partial charge in [0.1, 0.15) is 0 Å². The first-order valence-electron chi connectivity index (χ1n) is 7.44. The Morgan fingerprint density at radius 1 is 1.10 bits per heavy atom. The van der Waals surface area contributed by atoms with Gasteiger partial charge in [-0.3, -0.25) is 0 Å². The molecule has 21 heavy (non-hydrogen) atoms. The Labute approximate surface area is 137 Å². The predicted molar refractivity (Wildman–Crippen MR) is 94.4 cm³/mol. The normalized spacial score (nSPS) is 13.3. The summed E-state index contributed by atoms with van der Waals surface area (Å²) in [5, 5.41) is 6.61. The molecule has 0 fully saturated rings. The molecule has 1 N–H and O–H groups in total. The first kappa shape index (κ1) is 16.5. The van der Waals surface area contributed by atoms with Crippen LogP contribution in [0.3, 0.4) is 0 Å². The molecule has 114 valence electrons. The molecule has 0 saturated carbocycles. The fourth-order valence-electron chi connectivity index (χ4n) is 2.33. The Morgan fingerprint density at radius 2 is 1.81 bits per heavy atom. The maximum atomic E-state index is 5.97. The highest BCUT2D eigenvalue weighted by molar-refractivity contribution is 7.09. The molecule has 0 aliphatic rings. The number of benzene rings is 1. The smallest absolute Gasteiger partial charge is 0.0406 e. The molecule has 1 unspecified atom stereocenters. The maximum absolute atomic E-state index is 5.97. The van der Waals surface area contributed by atoms with Crippen LogP contribution in [0.4, 0.5) is 0 Å². The van der Waals surface area contributed by atoms with E-state index in [0.717, 1.165) is 24.4 Å². The van der Waals surface area contributed by atoms with Crippen molar-refractivity contribution in [1.82, 2.24) is 5.32 Å². The molecule has 0 bridgehead atoms. The Morgan fingerprint density at radius 3 is 2.38 bits per heavy atom. The van der Waals surface area contributed by atoms with Gasteiger partial charge in [-0.2, -0.15) is 0 Å². The highest BCUT2D eigenvalue weighted by Gasteiger charge is 2.16. The summed E-state index contributed by atoms with van der Waals surface area (Å²) < 4.78 is 0. The van der Waals surface area contributed by atoms with E-state index in [2.05, 4.69) is 55.7 Å². The summed E-state index contributed by atoms with van der Waals surface area (Å²) in [7, 11) is 0. The van der Waals surface area contributed by atoms with Gasteiger partial charge in [-0.1, -0.05) is 29.8 Å². The van der Waals surface area contributed by atoms with E-state index in [4.69, 9.17) is 11.6 Å². The fraction of sp³-hybridized carbons (Fsp3) is 0.444. The van der Waals surface area contributed by atoms with Gasteiger partial charge in [0.25, 0.3) is 0 Å². The predicted octanol–water partition coefficient (Wildman–Crippen LogP) is 5.19. The topological polar surface area (TPSA) is 12.0 Å². The zero-order valence-electron chi connectivity index (χ0n) is 13.0. The van der Waals surface area contributed by atoms with Crippen molar-refractivity contribution in [3.8, 4) is 0 Å². The van der Waals surface area contributed by atoms with Gasteiger partial charge in [-0.25, -0.2) is 0 Å². The van der Waals surface area contributed by atoms with Crippen LogP contribution in [-0.4, -0.2) is 12.1 Å². The molecular weight excluding hydrogens is 298 g/mol. The minimum atomic E-state index is 0.160. The Balaban J connectivity index is 2.01. The summed E-state index contributed by atoms with van der Waals surface area (Å²) in [4.78, 5) is 1.46. The molecule has 1 atom stereocenters. The Bertz CT molecular complexity index is 525. The van der Waals surface area contributed by atoms with Crippen LogP contribution in [0.5, 0.6) is 0 Å². The summed E-state index contributed by atoms with van der Waals surface area (Å²) in [5.74, 6) is 0.601. The summed E-state index contributed by atoms with van der Waals surface area (Å²) >= 11 is 7.82. The van der Waals surface area contributed by atoms with Crippen molar-refractivity contribution >= 4 is 22.9 Å². The standard InChI is InChI=1S/C18H24ClNS/c1-18(2,3)20-13-15(12-17-5-4-10-21-17)11-14-6-8-16(19)9-7-14/h4-10,15,20H,11-13H2,1-3H3. The van der Waals surface area contributed by atoms with E-state index in [1.807, 2.05) is 23.5 Å². The summed E-state index contributed by atoms with van der Waals surface area (Å²) in [6.45, 7) is 7.69. The van der Waals surface area contributed by atoms with Crippen molar-refractivity contribution in [3.05, 3.63) is 57.2 Å². The van der Waals surface area contributed by atoms with Crippen molar-refractivity contribution in [2.24, 2.45) is 5.92 Å². The largest absolute Gasteiger partial charge is 0.312 e. The molecule has 0 aliphatic heterocycles. The molecule has 0 radical (unpaired) electrons. The molecule has 1 aromatic heterocycles. The third kappa shape index (κ3) is 6.21. The quantitative estimate of drug-likeness (QED) is 0.772. The van der Waals surface area contributed by atoms with Gasteiger partial charge in [0.2, 0.25) is 0 Å². The van der Waals surface area contributed by atoms with Crippen LogP contribution in [0, 0.1) is 5.92 Å². The lowest BCUT2D eigenvalue weighted by Gasteiger charge is -2.25. The molecule has 1 aromatic carbocycles. The number of rotatable bonds is 6. The third-order valence-electron chi connectivity index (χ3n) is 3.43. The minimum absolute atomic E-state index is 0.160. The zero-order valence-corrected chi connectivity index (χ0v) is 14.6. The monoisotopic (exact) mass is 321 g/mol. The van der Waals surface area contributed by atoms with Crippen LogP contribution in [-0.2, 0) is 12.8 Å². The van der Waals surface area contributed by atoms with Crippen molar-refractivity contribution < 1.29 is 0 Å². The van der Waals surface area contributed by atoms with Gasteiger partial charge in [0.15, 0.2) is 0 Å². The van der Waals surface area contributed by atoms with Crippen LogP contribution in [0.15, 0.2) is 41.8 Å². The molecule has 0 spiro atoms. The van der Waals surface area contributed by atoms with E-state index in [9.17, 15) is 0 Å². The van der Waals surface area contributed by atoms with Gasteiger partial charge in [-0.15, -0.1) is 11.3 Å². The number of halogens is 1. The van der Waals surface area contributed by atoms with Crippen molar-refractivity contribution in [1.29, 1.82) is 0 Å². The highest BCUT2D eigenvalue weighted by Crippen LogP contribution is 2.20. The van der Waals surface area contributed by atoms with Crippen LogP contribution >= 0.6 is 22.9 Å². The Kier molecular flexibility index (Phi) is 5.86. The molecule has 3 heteroatoms.